The number of aryl methyl sites for hydroxylation is 1. The zero-order valence-electron chi connectivity index (χ0n) is 12.7. The number of unbranched alkanes of at least 4 members (excludes halogenated alkanes) is 5. The number of ketones is 1. The van der Waals surface area contributed by atoms with Crippen molar-refractivity contribution >= 4 is 17.4 Å². The SMILES string of the molecule is CCCCCCCCN1C(=O)C(=O)c2cc(F)cc(C)c21. The molecule has 0 radical (unpaired) electrons. The summed E-state index contributed by atoms with van der Waals surface area (Å²) in [7, 11) is 0. The molecule has 2 rings (SSSR count). The molecule has 4 heteroatoms. The van der Waals surface area contributed by atoms with Crippen LogP contribution in [0.1, 0.15) is 61.4 Å². The lowest BCUT2D eigenvalue weighted by Gasteiger charge is -2.18. The maximum atomic E-state index is 13.4. The summed E-state index contributed by atoms with van der Waals surface area (Å²) in [4.78, 5) is 25.5. The third-order valence-electron chi connectivity index (χ3n) is 3.95. The van der Waals surface area contributed by atoms with Crippen molar-refractivity contribution < 1.29 is 14.0 Å². The van der Waals surface area contributed by atoms with Gasteiger partial charge in [-0.25, -0.2) is 4.39 Å². The lowest BCUT2D eigenvalue weighted by molar-refractivity contribution is -0.114. The van der Waals surface area contributed by atoms with Crippen LogP contribution in [0.5, 0.6) is 0 Å². The quantitative estimate of drug-likeness (QED) is 0.562. The van der Waals surface area contributed by atoms with Crippen molar-refractivity contribution in [2.24, 2.45) is 0 Å². The molecule has 0 saturated carbocycles. The first kappa shape index (κ1) is 15.7. The van der Waals surface area contributed by atoms with Crippen molar-refractivity contribution in [1.82, 2.24) is 0 Å². The van der Waals surface area contributed by atoms with Crippen LogP contribution in [0.15, 0.2) is 12.1 Å². The Kier molecular flexibility index (Phi) is 5.10. The number of fused-ring (bicyclic) bond motifs is 1. The monoisotopic (exact) mass is 291 g/mol. The number of carbonyl (C=O) groups is 2. The second-order valence-corrected chi connectivity index (χ2v) is 5.67. The first-order valence-electron chi connectivity index (χ1n) is 7.72. The van der Waals surface area contributed by atoms with Crippen LogP contribution in [0.3, 0.4) is 0 Å². The summed E-state index contributed by atoms with van der Waals surface area (Å²) < 4.78 is 13.4. The molecule has 0 aromatic heterocycles. The van der Waals surface area contributed by atoms with Crippen LogP contribution in [0, 0.1) is 12.7 Å². The van der Waals surface area contributed by atoms with E-state index in [1.807, 2.05) is 0 Å². The van der Waals surface area contributed by atoms with E-state index in [0.717, 1.165) is 19.3 Å². The number of carbonyl (C=O) groups excluding carboxylic acids is 2. The Labute approximate surface area is 125 Å². The number of halogens is 1. The highest BCUT2D eigenvalue weighted by atomic mass is 19.1. The summed E-state index contributed by atoms with van der Waals surface area (Å²) in [6.45, 7) is 4.45. The number of Topliss-reactive ketones (excluding diaryl/α,β-unsaturated/α-hetero) is 1. The molecular weight excluding hydrogens is 269 g/mol. The summed E-state index contributed by atoms with van der Waals surface area (Å²) >= 11 is 0. The van der Waals surface area contributed by atoms with E-state index in [0.29, 0.717) is 17.8 Å². The average molecular weight is 291 g/mol. The van der Waals surface area contributed by atoms with Gasteiger partial charge in [0.25, 0.3) is 11.7 Å². The Morgan fingerprint density at radius 3 is 2.43 bits per heavy atom. The zero-order chi connectivity index (χ0) is 15.4. The molecule has 0 spiro atoms. The smallest absolute Gasteiger partial charge is 0.299 e. The van der Waals surface area contributed by atoms with Crippen LogP contribution in [0.25, 0.3) is 0 Å². The first-order chi connectivity index (χ1) is 10.1. The van der Waals surface area contributed by atoms with Crippen molar-refractivity contribution in [2.45, 2.75) is 52.4 Å². The molecule has 0 saturated heterocycles. The van der Waals surface area contributed by atoms with E-state index >= 15 is 0 Å². The highest BCUT2D eigenvalue weighted by molar-refractivity contribution is 6.52. The normalized spacial score (nSPS) is 14.0. The molecule has 1 heterocycles. The number of anilines is 1. The molecule has 114 valence electrons. The molecule has 1 amide bonds. The van der Waals surface area contributed by atoms with Gasteiger partial charge in [-0.3, -0.25) is 9.59 Å². The maximum absolute atomic E-state index is 13.4. The van der Waals surface area contributed by atoms with Crippen molar-refractivity contribution in [1.29, 1.82) is 0 Å². The van der Waals surface area contributed by atoms with Crippen molar-refractivity contribution in [3.63, 3.8) is 0 Å². The molecule has 0 aliphatic carbocycles. The maximum Gasteiger partial charge on any atom is 0.299 e. The van der Waals surface area contributed by atoms with Crippen molar-refractivity contribution in [2.75, 3.05) is 11.4 Å². The number of benzene rings is 1. The van der Waals surface area contributed by atoms with Gasteiger partial charge in [-0.05, 0) is 31.0 Å². The molecular formula is C17H22FNO2. The van der Waals surface area contributed by atoms with E-state index < -0.39 is 17.5 Å². The predicted octanol–water partition coefficient (Wildman–Crippen LogP) is 4.02. The molecule has 3 nitrogen and oxygen atoms in total. The minimum absolute atomic E-state index is 0.212. The van der Waals surface area contributed by atoms with E-state index in [9.17, 15) is 14.0 Å². The fourth-order valence-corrected chi connectivity index (χ4v) is 2.87. The van der Waals surface area contributed by atoms with Gasteiger partial charge in [-0.1, -0.05) is 39.0 Å². The first-order valence-corrected chi connectivity index (χ1v) is 7.72. The van der Waals surface area contributed by atoms with Gasteiger partial charge < -0.3 is 4.90 Å². The molecule has 1 aliphatic heterocycles. The van der Waals surface area contributed by atoms with Crippen LogP contribution in [-0.2, 0) is 4.79 Å². The van der Waals surface area contributed by atoms with E-state index in [1.165, 1.54) is 36.3 Å². The summed E-state index contributed by atoms with van der Waals surface area (Å²) in [5.74, 6) is -1.57. The number of hydrogen-bond acceptors (Lipinski definition) is 2. The van der Waals surface area contributed by atoms with Crippen molar-refractivity contribution in [3.05, 3.63) is 29.1 Å². The Hall–Kier alpha value is -1.71. The van der Waals surface area contributed by atoms with Crippen LogP contribution < -0.4 is 4.90 Å². The number of rotatable bonds is 7. The summed E-state index contributed by atoms with van der Waals surface area (Å²) in [6.07, 6.45) is 6.73. The largest absolute Gasteiger partial charge is 0.304 e. The number of hydrogen-bond donors (Lipinski definition) is 0. The van der Waals surface area contributed by atoms with Gasteiger partial charge in [0.1, 0.15) is 5.82 Å². The molecule has 1 aliphatic rings. The molecule has 1 aromatic rings. The van der Waals surface area contributed by atoms with Crippen LogP contribution >= 0.6 is 0 Å². The lowest BCUT2D eigenvalue weighted by atomic mass is 10.1. The molecule has 0 atom stereocenters. The number of amides is 1. The average Bonchev–Trinajstić information content (AvgIpc) is 2.68. The highest BCUT2D eigenvalue weighted by Crippen LogP contribution is 2.33. The van der Waals surface area contributed by atoms with Crippen LogP contribution in [-0.4, -0.2) is 18.2 Å². The molecule has 1 aromatic carbocycles. The van der Waals surface area contributed by atoms with Gasteiger partial charge in [0.05, 0.1) is 11.3 Å². The molecule has 0 fully saturated rings. The third-order valence-corrected chi connectivity index (χ3v) is 3.95. The fraction of sp³-hybridized carbons (Fsp3) is 0.529. The summed E-state index contributed by atoms with van der Waals surface area (Å²) in [5.41, 5.74) is 1.46. The van der Waals surface area contributed by atoms with E-state index in [2.05, 4.69) is 6.92 Å². The van der Waals surface area contributed by atoms with Gasteiger partial charge in [-0.15, -0.1) is 0 Å². The van der Waals surface area contributed by atoms with Crippen LogP contribution in [0.2, 0.25) is 0 Å². The minimum atomic E-state index is -0.585. The Balaban J connectivity index is 2.02. The Morgan fingerprint density at radius 1 is 1.05 bits per heavy atom. The fourth-order valence-electron chi connectivity index (χ4n) is 2.87. The zero-order valence-corrected chi connectivity index (χ0v) is 12.7. The lowest BCUT2D eigenvalue weighted by Crippen LogP contribution is -2.31. The summed E-state index contributed by atoms with van der Waals surface area (Å²) in [6, 6.07) is 2.54. The van der Waals surface area contributed by atoms with Gasteiger partial charge in [0, 0.05) is 6.54 Å². The molecule has 0 N–H and O–H groups in total. The van der Waals surface area contributed by atoms with E-state index in [1.54, 1.807) is 6.92 Å². The van der Waals surface area contributed by atoms with Gasteiger partial charge in [0.15, 0.2) is 0 Å². The highest BCUT2D eigenvalue weighted by Gasteiger charge is 2.36. The van der Waals surface area contributed by atoms with Gasteiger partial charge in [-0.2, -0.15) is 0 Å². The Bertz CT molecular complexity index is 554. The van der Waals surface area contributed by atoms with Gasteiger partial charge >= 0.3 is 0 Å². The predicted molar refractivity (Wildman–Crippen MR) is 81.2 cm³/mol. The summed E-state index contributed by atoms with van der Waals surface area (Å²) in [5, 5.41) is 0. The van der Waals surface area contributed by atoms with Crippen molar-refractivity contribution in [3.8, 4) is 0 Å². The molecule has 0 unspecified atom stereocenters. The second-order valence-electron chi connectivity index (χ2n) is 5.67. The molecule has 21 heavy (non-hydrogen) atoms. The Morgan fingerprint density at radius 2 is 1.71 bits per heavy atom. The second kappa shape index (κ2) is 6.83. The van der Waals surface area contributed by atoms with E-state index in [4.69, 9.17) is 0 Å². The van der Waals surface area contributed by atoms with Crippen LogP contribution in [0.4, 0.5) is 10.1 Å². The minimum Gasteiger partial charge on any atom is -0.304 e. The third kappa shape index (κ3) is 3.31. The number of nitrogens with zero attached hydrogens (tertiary/aromatic N) is 1. The topological polar surface area (TPSA) is 37.4 Å². The van der Waals surface area contributed by atoms with E-state index in [-0.39, 0.29) is 5.56 Å². The van der Waals surface area contributed by atoms with Gasteiger partial charge in [0.2, 0.25) is 0 Å². The standard InChI is InChI=1S/C17H22FNO2/c1-3-4-5-6-7-8-9-19-15-12(2)10-13(18)11-14(15)16(20)17(19)21/h10-11H,3-9H2,1-2H3. The molecule has 0 bridgehead atoms.